The van der Waals surface area contributed by atoms with Gasteiger partial charge in [-0.1, -0.05) is 24.3 Å². The number of carbonyl (C=O) groups excluding carboxylic acids is 1. The van der Waals surface area contributed by atoms with E-state index < -0.39 is 0 Å². The topological polar surface area (TPSA) is 48.7 Å². The van der Waals surface area contributed by atoms with Crippen LogP contribution < -0.4 is 5.32 Å². The quantitative estimate of drug-likeness (QED) is 0.850. The summed E-state index contributed by atoms with van der Waals surface area (Å²) in [5.74, 6) is 0.107. The van der Waals surface area contributed by atoms with Crippen molar-refractivity contribution in [2.24, 2.45) is 0 Å². The Bertz CT molecular complexity index is 676. The van der Waals surface area contributed by atoms with E-state index in [0.717, 1.165) is 38.3 Å². The normalized spacial score (nSPS) is 16.2. The maximum Gasteiger partial charge on any atom is 0.287 e. The smallest absolute Gasteiger partial charge is 0.287 e. The minimum absolute atomic E-state index is 0.206. The van der Waals surface area contributed by atoms with Gasteiger partial charge in [0.25, 0.3) is 5.91 Å². The highest BCUT2D eigenvalue weighted by Crippen LogP contribution is 2.14. The van der Waals surface area contributed by atoms with Gasteiger partial charge in [0.05, 0.1) is 0 Å². The second-order valence-corrected chi connectivity index (χ2v) is 6.96. The van der Waals surface area contributed by atoms with Crippen molar-refractivity contribution in [3.05, 3.63) is 58.0 Å². The highest BCUT2D eigenvalue weighted by atomic mass is 79.9. The number of piperazine rings is 1. The van der Waals surface area contributed by atoms with Gasteiger partial charge in [-0.3, -0.25) is 9.69 Å². The van der Waals surface area contributed by atoms with Crippen LogP contribution in [-0.4, -0.2) is 48.9 Å². The van der Waals surface area contributed by atoms with Crippen molar-refractivity contribution >= 4 is 21.8 Å². The number of furan rings is 1. The number of amides is 1. The molecule has 3 rings (SSSR count). The molecule has 0 bridgehead atoms. The Labute approximate surface area is 150 Å². The molecule has 1 amide bonds. The van der Waals surface area contributed by atoms with Crippen LogP contribution in [0.15, 0.2) is 45.5 Å². The molecule has 5 nitrogen and oxygen atoms in total. The van der Waals surface area contributed by atoms with Crippen LogP contribution in [0.25, 0.3) is 0 Å². The lowest BCUT2D eigenvalue weighted by Crippen LogP contribution is -2.43. The summed E-state index contributed by atoms with van der Waals surface area (Å²) in [4.78, 5) is 16.8. The molecule has 6 heteroatoms. The van der Waals surface area contributed by atoms with Crippen molar-refractivity contribution in [1.82, 2.24) is 15.1 Å². The molecule has 1 aromatic carbocycles. The molecule has 0 spiro atoms. The number of halogens is 1. The Morgan fingerprint density at radius 2 is 1.75 bits per heavy atom. The summed E-state index contributed by atoms with van der Waals surface area (Å²) in [5, 5.41) is 2.86. The Morgan fingerprint density at radius 3 is 2.38 bits per heavy atom. The van der Waals surface area contributed by atoms with Gasteiger partial charge in [-0.2, -0.15) is 0 Å². The average molecular weight is 392 g/mol. The minimum Gasteiger partial charge on any atom is -0.444 e. The molecule has 0 unspecified atom stereocenters. The molecule has 128 valence electrons. The van der Waals surface area contributed by atoms with Crippen molar-refractivity contribution in [1.29, 1.82) is 0 Å². The zero-order valence-corrected chi connectivity index (χ0v) is 15.4. The first-order chi connectivity index (χ1) is 11.6. The summed E-state index contributed by atoms with van der Waals surface area (Å²) in [7, 11) is 2.17. The first-order valence-corrected chi connectivity index (χ1v) is 8.92. The van der Waals surface area contributed by atoms with Crippen molar-refractivity contribution in [2.45, 2.75) is 13.1 Å². The minimum atomic E-state index is -0.206. The molecule has 0 radical (unpaired) electrons. The van der Waals surface area contributed by atoms with Gasteiger partial charge in [0.15, 0.2) is 10.4 Å². The maximum atomic E-state index is 12.0. The molecule has 2 heterocycles. The lowest BCUT2D eigenvalue weighted by molar-refractivity contribution is 0.0922. The first-order valence-electron chi connectivity index (χ1n) is 8.12. The monoisotopic (exact) mass is 391 g/mol. The van der Waals surface area contributed by atoms with Crippen LogP contribution in [0.5, 0.6) is 0 Å². The van der Waals surface area contributed by atoms with E-state index >= 15 is 0 Å². The van der Waals surface area contributed by atoms with E-state index in [1.807, 2.05) is 0 Å². The largest absolute Gasteiger partial charge is 0.444 e. The fourth-order valence-corrected chi connectivity index (χ4v) is 3.04. The molecular weight excluding hydrogens is 370 g/mol. The van der Waals surface area contributed by atoms with Crippen LogP contribution in [0.2, 0.25) is 0 Å². The fraction of sp³-hybridized carbons (Fsp3) is 0.389. The maximum absolute atomic E-state index is 12.0. The number of likely N-dealkylation sites (N-methyl/N-ethyl adjacent to an activating group) is 1. The van der Waals surface area contributed by atoms with E-state index in [2.05, 4.69) is 62.4 Å². The van der Waals surface area contributed by atoms with Gasteiger partial charge in [-0.15, -0.1) is 0 Å². The van der Waals surface area contributed by atoms with E-state index in [9.17, 15) is 4.79 Å². The van der Waals surface area contributed by atoms with Crippen LogP contribution in [-0.2, 0) is 13.1 Å². The van der Waals surface area contributed by atoms with Gasteiger partial charge in [-0.05, 0) is 46.2 Å². The lowest BCUT2D eigenvalue weighted by atomic mass is 10.1. The van der Waals surface area contributed by atoms with Crippen molar-refractivity contribution in [3.8, 4) is 0 Å². The molecule has 24 heavy (non-hydrogen) atoms. The SMILES string of the molecule is CN1CCN(Cc2ccc(CNC(=O)c3ccc(Br)o3)cc2)CC1. The number of nitrogens with one attached hydrogen (secondary N) is 1. The van der Waals surface area contributed by atoms with E-state index in [1.165, 1.54) is 5.56 Å². The second-order valence-electron chi connectivity index (χ2n) is 6.18. The third kappa shape index (κ3) is 4.69. The van der Waals surface area contributed by atoms with Gasteiger partial charge < -0.3 is 14.6 Å². The van der Waals surface area contributed by atoms with E-state index in [1.54, 1.807) is 12.1 Å². The molecule has 0 aliphatic carbocycles. The first kappa shape index (κ1) is 17.2. The average Bonchev–Trinajstić information content (AvgIpc) is 3.03. The van der Waals surface area contributed by atoms with E-state index in [-0.39, 0.29) is 5.91 Å². The summed E-state index contributed by atoms with van der Waals surface area (Å²) in [5.41, 5.74) is 2.39. The predicted octanol–water partition coefficient (Wildman–Crippen LogP) is 2.72. The number of nitrogens with zero attached hydrogens (tertiary/aromatic N) is 2. The molecule has 0 saturated carbocycles. The summed E-state index contributed by atoms with van der Waals surface area (Å²) in [6.45, 7) is 5.98. The van der Waals surface area contributed by atoms with Gasteiger partial charge in [0, 0.05) is 39.3 Å². The Hall–Kier alpha value is -1.63. The molecule has 1 aliphatic heterocycles. The highest BCUT2D eigenvalue weighted by Gasteiger charge is 2.14. The summed E-state index contributed by atoms with van der Waals surface area (Å²) in [6, 6.07) is 11.8. The van der Waals surface area contributed by atoms with Gasteiger partial charge in [-0.25, -0.2) is 0 Å². The van der Waals surface area contributed by atoms with Crippen LogP contribution in [0.1, 0.15) is 21.7 Å². The zero-order valence-electron chi connectivity index (χ0n) is 13.8. The third-order valence-corrected chi connectivity index (χ3v) is 4.70. The van der Waals surface area contributed by atoms with Crippen LogP contribution >= 0.6 is 15.9 Å². The molecule has 1 N–H and O–H groups in total. The zero-order chi connectivity index (χ0) is 16.9. The van der Waals surface area contributed by atoms with Gasteiger partial charge in [0.1, 0.15) is 0 Å². The molecular formula is C18H22BrN3O2. The molecule has 0 atom stereocenters. The molecule has 1 aromatic heterocycles. The number of carbonyl (C=O) groups is 1. The molecule has 1 aliphatic rings. The van der Waals surface area contributed by atoms with Gasteiger partial charge in [0.2, 0.25) is 0 Å². The standard InChI is InChI=1S/C18H22BrN3O2/c1-21-8-10-22(11-9-21)13-15-4-2-14(3-5-15)12-20-18(23)16-6-7-17(19)24-16/h2-7H,8-13H2,1H3,(H,20,23). The number of benzene rings is 1. The van der Waals surface area contributed by atoms with Crippen molar-refractivity contribution < 1.29 is 9.21 Å². The summed E-state index contributed by atoms with van der Waals surface area (Å²) in [6.07, 6.45) is 0. The van der Waals surface area contributed by atoms with Crippen molar-refractivity contribution in [2.75, 3.05) is 33.2 Å². The Balaban J connectivity index is 1.48. The number of hydrogen-bond acceptors (Lipinski definition) is 4. The van der Waals surface area contributed by atoms with E-state index in [4.69, 9.17) is 4.42 Å². The van der Waals surface area contributed by atoms with E-state index in [0.29, 0.717) is 17.0 Å². The number of hydrogen-bond donors (Lipinski definition) is 1. The van der Waals surface area contributed by atoms with Crippen molar-refractivity contribution in [3.63, 3.8) is 0 Å². The molecule has 1 saturated heterocycles. The molecule has 2 aromatic rings. The van der Waals surface area contributed by atoms with Gasteiger partial charge >= 0.3 is 0 Å². The van der Waals surface area contributed by atoms with Crippen LogP contribution in [0, 0.1) is 0 Å². The molecule has 1 fully saturated rings. The third-order valence-electron chi connectivity index (χ3n) is 4.28. The predicted molar refractivity (Wildman–Crippen MR) is 96.8 cm³/mol. The Kier molecular flexibility index (Phi) is 5.71. The number of rotatable bonds is 5. The second kappa shape index (κ2) is 7.96. The fourth-order valence-electron chi connectivity index (χ4n) is 2.73. The highest BCUT2D eigenvalue weighted by molar-refractivity contribution is 9.10. The summed E-state index contributed by atoms with van der Waals surface area (Å²) < 4.78 is 5.80. The summed E-state index contributed by atoms with van der Waals surface area (Å²) >= 11 is 3.20. The Morgan fingerprint density at radius 1 is 1.08 bits per heavy atom. The van der Waals surface area contributed by atoms with Crippen LogP contribution in [0.3, 0.4) is 0 Å². The lowest BCUT2D eigenvalue weighted by Gasteiger charge is -2.32. The van der Waals surface area contributed by atoms with Crippen LogP contribution in [0.4, 0.5) is 0 Å².